The van der Waals surface area contributed by atoms with Crippen molar-refractivity contribution >= 4 is 17.7 Å². The third kappa shape index (κ3) is 5.16. The summed E-state index contributed by atoms with van der Waals surface area (Å²) in [6.45, 7) is 6.31. The molecule has 1 amide bonds. The van der Waals surface area contributed by atoms with Crippen molar-refractivity contribution in [2.45, 2.75) is 26.0 Å². The Hall–Kier alpha value is -2.73. The molecule has 0 saturated carbocycles. The minimum Gasteiger partial charge on any atom is -0.375 e. The molecule has 148 valence electrons. The van der Waals surface area contributed by atoms with Crippen LogP contribution >= 0.6 is 0 Å². The van der Waals surface area contributed by atoms with Gasteiger partial charge in [0.05, 0.1) is 18.8 Å². The van der Waals surface area contributed by atoms with Crippen LogP contribution in [0.3, 0.4) is 0 Å². The van der Waals surface area contributed by atoms with E-state index in [-0.39, 0.29) is 23.6 Å². The first-order chi connectivity index (χ1) is 13.4. The molecule has 0 aliphatic carbocycles. The number of hydrogen-bond acceptors (Lipinski definition) is 3. The summed E-state index contributed by atoms with van der Waals surface area (Å²) in [5.41, 5.74) is 2.23. The highest BCUT2D eigenvalue weighted by Gasteiger charge is 2.18. The molecule has 0 aromatic heterocycles. The standard InChI is InChI=1S/C22H24F2N2O2/c1-15-14-26(10-11-28-15)20-5-3-4-18(12-20)16(2)25-22(27)9-7-17-6-8-19(23)13-21(17)24/h3-9,12-13,15-16H,10-11,14H2,1-2H3,(H,25,27)/b9-7+/t15?,16-/m0/s1. The molecule has 1 aliphatic heterocycles. The number of nitrogens with one attached hydrogen (secondary N) is 1. The number of ether oxygens (including phenoxy) is 1. The summed E-state index contributed by atoms with van der Waals surface area (Å²) in [6.07, 6.45) is 2.77. The molecule has 0 bridgehead atoms. The number of anilines is 1. The number of carbonyl (C=O) groups is 1. The first-order valence-electron chi connectivity index (χ1n) is 9.32. The van der Waals surface area contributed by atoms with E-state index in [2.05, 4.69) is 23.2 Å². The topological polar surface area (TPSA) is 41.6 Å². The predicted octanol–water partition coefficient (Wildman–Crippen LogP) is 4.08. The molecule has 0 spiro atoms. The SMILES string of the molecule is CC1CN(c2cccc([C@H](C)NC(=O)/C=C/c3ccc(F)cc3F)c2)CCO1. The summed E-state index contributed by atoms with van der Waals surface area (Å²) in [5.74, 6) is -1.70. The average Bonchev–Trinajstić information content (AvgIpc) is 2.67. The largest absolute Gasteiger partial charge is 0.375 e. The lowest BCUT2D eigenvalue weighted by Crippen LogP contribution is -2.41. The van der Waals surface area contributed by atoms with Gasteiger partial charge in [0.15, 0.2) is 0 Å². The van der Waals surface area contributed by atoms with Crippen molar-refractivity contribution in [2.75, 3.05) is 24.6 Å². The predicted molar refractivity (Wildman–Crippen MR) is 106 cm³/mol. The number of nitrogens with zero attached hydrogens (tertiary/aromatic N) is 1. The molecule has 6 heteroatoms. The number of amides is 1. The lowest BCUT2D eigenvalue weighted by atomic mass is 10.1. The van der Waals surface area contributed by atoms with Crippen molar-refractivity contribution in [3.63, 3.8) is 0 Å². The van der Waals surface area contributed by atoms with E-state index in [1.807, 2.05) is 25.1 Å². The first-order valence-corrected chi connectivity index (χ1v) is 9.32. The van der Waals surface area contributed by atoms with Gasteiger partial charge in [0.2, 0.25) is 5.91 Å². The second kappa shape index (κ2) is 8.97. The molecule has 1 heterocycles. The molecule has 1 saturated heterocycles. The molecule has 0 radical (unpaired) electrons. The van der Waals surface area contributed by atoms with Crippen molar-refractivity contribution in [1.29, 1.82) is 0 Å². The Kier molecular flexibility index (Phi) is 6.41. The van der Waals surface area contributed by atoms with Gasteiger partial charge in [-0.25, -0.2) is 8.78 Å². The maximum absolute atomic E-state index is 13.6. The Bertz CT molecular complexity index is 869. The minimum absolute atomic E-state index is 0.160. The molecule has 2 aromatic carbocycles. The van der Waals surface area contributed by atoms with Gasteiger partial charge in [0.25, 0.3) is 0 Å². The van der Waals surface area contributed by atoms with Gasteiger partial charge in [0, 0.05) is 36.5 Å². The smallest absolute Gasteiger partial charge is 0.244 e. The minimum atomic E-state index is -0.704. The van der Waals surface area contributed by atoms with Crippen LogP contribution in [0.2, 0.25) is 0 Å². The number of morpholine rings is 1. The quantitative estimate of drug-likeness (QED) is 0.788. The molecular weight excluding hydrogens is 362 g/mol. The van der Waals surface area contributed by atoms with Gasteiger partial charge in [0.1, 0.15) is 11.6 Å². The number of benzene rings is 2. The zero-order chi connectivity index (χ0) is 20.1. The lowest BCUT2D eigenvalue weighted by molar-refractivity contribution is -0.117. The first kappa shape index (κ1) is 20.0. The third-order valence-corrected chi connectivity index (χ3v) is 4.71. The third-order valence-electron chi connectivity index (χ3n) is 4.71. The fourth-order valence-electron chi connectivity index (χ4n) is 3.19. The molecular formula is C22H24F2N2O2. The lowest BCUT2D eigenvalue weighted by Gasteiger charge is -2.33. The monoisotopic (exact) mass is 386 g/mol. The molecule has 1 N–H and O–H groups in total. The molecule has 2 atom stereocenters. The van der Waals surface area contributed by atoms with Gasteiger partial charge in [-0.2, -0.15) is 0 Å². The van der Waals surface area contributed by atoms with E-state index in [1.54, 1.807) is 0 Å². The van der Waals surface area contributed by atoms with Crippen LogP contribution in [0.4, 0.5) is 14.5 Å². The van der Waals surface area contributed by atoms with Crippen molar-refractivity contribution in [1.82, 2.24) is 5.32 Å². The van der Waals surface area contributed by atoms with E-state index >= 15 is 0 Å². The maximum Gasteiger partial charge on any atom is 0.244 e. The van der Waals surface area contributed by atoms with Gasteiger partial charge >= 0.3 is 0 Å². The van der Waals surface area contributed by atoms with Crippen LogP contribution in [0.15, 0.2) is 48.5 Å². The van der Waals surface area contributed by atoms with Crippen molar-refractivity contribution in [3.05, 3.63) is 71.3 Å². The number of rotatable bonds is 5. The highest BCUT2D eigenvalue weighted by Crippen LogP contribution is 2.22. The summed E-state index contributed by atoms with van der Waals surface area (Å²) in [6, 6.07) is 11.1. The summed E-state index contributed by atoms with van der Waals surface area (Å²) in [4.78, 5) is 14.5. The van der Waals surface area contributed by atoms with Gasteiger partial charge in [-0.3, -0.25) is 4.79 Å². The molecule has 4 nitrogen and oxygen atoms in total. The van der Waals surface area contributed by atoms with Crippen LogP contribution in [0, 0.1) is 11.6 Å². The van der Waals surface area contributed by atoms with Crippen molar-refractivity contribution < 1.29 is 18.3 Å². The van der Waals surface area contributed by atoms with Crippen molar-refractivity contribution in [3.8, 4) is 0 Å². The number of hydrogen-bond donors (Lipinski definition) is 1. The van der Waals surface area contributed by atoms with E-state index < -0.39 is 11.6 Å². The Morgan fingerprint density at radius 2 is 2.11 bits per heavy atom. The maximum atomic E-state index is 13.6. The van der Waals surface area contributed by atoms with Crippen LogP contribution in [0.25, 0.3) is 6.08 Å². The van der Waals surface area contributed by atoms with Gasteiger partial charge < -0.3 is 15.0 Å². The molecule has 1 aliphatic rings. The van der Waals surface area contributed by atoms with Crippen molar-refractivity contribution in [2.24, 2.45) is 0 Å². The molecule has 28 heavy (non-hydrogen) atoms. The number of carbonyl (C=O) groups excluding carboxylic acids is 1. The second-order valence-corrected chi connectivity index (χ2v) is 6.95. The number of halogens is 2. The summed E-state index contributed by atoms with van der Waals surface area (Å²) < 4.78 is 32.2. The summed E-state index contributed by atoms with van der Waals surface area (Å²) in [7, 11) is 0. The Labute approximate surface area is 163 Å². The normalized spacial score (nSPS) is 18.3. The summed E-state index contributed by atoms with van der Waals surface area (Å²) >= 11 is 0. The van der Waals surface area contributed by atoms with Gasteiger partial charge in [-0.15, -0.1) is 0 Å². The van der Waals surface area contributed by atoms with E-state index in [0.29, 0.717) is 6.61 Å². The fourth-order valence-corrected chi connectivity index (χ4v) is 3.19. The Balaban J connectivity index is 1.64. The van der Waals surface area contributed by atoms with E-state index in [4.69, 9.17) is 4.74 Å². The molecule has 2 aromatic rings. The van der Waals surface area contributed by atoms with Crippen LogP contribution in [0.1, 0.15) is 31.0 Å². The second-order valence-electron chi connectivity index (χ2n) is 6.95. The highest BCUT2D eigenvalue weighted by molar-refractivity contribution is 5.92. The Morgan fingerprint density at radius 1 is 1.29 bits per heavy atom. The average molecular weight is 386 g/mol. The van der Waals surface area contributed by atoms with Gasteiger partial charge in [-0.1, -0.05) is 12.1 Å². The Morgan fingerprint density at radius 3 is 2.86 bits per heavy atom. The van der Waals surface area contributed by atoms with Crippen LogP contribution < -0.4 is 10.2 Å². The fraction of sp³-hybridized carbons (Fsp3) is 0.318. The van der Waals surface area contributed by atoms with Gasteiger partial charge in [-0.05, 0) is 49.8 Å². The zero-order valence-electron chi connectivity index (χ0n) is 16.0. The van der Waals surface area contributed by atoms with Crippen LogP contribution in [-0.2, 0) is 9.53 Å². The molecule has 1 fully saturated rings. The van der Waals surface area contributed by atoms with E-state index in [0.717, 1.165) is 36.5 Å². The molecule has 1 unspecified atom stereocenters. The highest BCUT2D eigenvalue weighted by atomic mass is 19.1. The van der Waals surface area contributed by atoms with Crippen LogP contribution in [-0.4, -0.2) is 31.7 Å². The molecule has 3 rings (SSSR count). The van der Waals surface area contributed by atoms with E-state index in [1.165, 1.54) is 18.2 Å². The van der Waals surface area contributed by atoms with Crippen LogP contribution in [0.5, 0.6) is 0 Å². The zero-order valence-corrected chi connectivity index (χ0v) is 16.0. The van der Waals surface area contributed by atoms with E-state index in [9.17, 15) is 13.6 Å². The summed E-state index contributed by atoms with van der Waals surface area (Å²) in [5, 5.41) is 2.87.